The van der Waals surface area contributed by atoms with Crippen molar-refractivity contribution >= 4 is 17.5 Å². The summed E-state index contributed by atoms with van der Waals surface area (Å²) in [6.45, 7) is 1.45. The topological polar surface area (TPSA) is 48.3 Å². The highest BCUT2D eigenvalue weighted by molar-refractivity contribution is 7.99. The number of rotatable bonds is 6. The fourth-order valence-electron chi connectivity index (χ4n) is 5.10. The fourth-order valence-corrected chi connectivity index (χ4v) is 6.46. The standard InChI is InChI=1S/C30H21F6NO3S/c1-15-19(13-20-21(30(34,35)36)9-5-10-22(20)32)29-37(23(14-41-29)27(38)16-6-3-7-17(31)12-16)28(39)25(15)18-8-4-11-24(40-2)26(18)33/h3-12,23H,13-14H2,1-2H3. The molecular formula is C30H21F6NO3S. The van der Waals surface area contributed by atoms with Crippen LogP contribution in [-0.4, -0.2) is 23.2 Å². The number of pyridine rings is 1. The van der Waals surface area contributed by atoms with Crippen molar-refractivity contribution in [2.24, 2.45) is 0 Å². The molecule has 3 aromatic carbocycles. The van der Waals surface area contributed by atoms with Gasteiger partial charge in [-0.1, -0.05) is 30.3 Å². The first kappa shape index (κ1) is 28.5. The van der Waals surface area contributed by atoms with Crippen molar-refractivity contribution < 1.29 is 35.9 Å². The molecule has 0 saturated heterocycles. The molecule has 0 spiro atoms. The maximum Gasteiger partial charge on any atom is 0.416 e. The third-order valence-electron chi connectivity index (χ3n) is 7.07. The quantitative estimate of drug-likeness (QED) is 0.174. The number of hydrogen-bond acceptors (Lipinski definition) is 4. The highest BCUT2D eigenvalue weighted by Crippen LogP contribution is 2.43. The van der Waals surface area contributed by atoms with Crippen LogP contribution in [0.5, 0.6) is 5.75 Å². The Kier molecular flexibility index (Phi) is 7.50. The Labute approximate surface area is 234 Å². The molecule has 0 fully saturated rings. The summed E-state index contributed by atoms with van der Waals surface area (Å²) in [7, 11) is 1.23. The van der Waals surface area contributed by atoms with Gasteiger partial charge in [0.2, 0.25) is 0 Å². The van der Waals surface area contributed by atoms with Gasteiger partial charge in [-0.15, -0.1) is 11.8 Å². The van der Waals surface area contributed by atoms with Crippen LogP contribution in [0.15, 0.2) is 70.5 Å². The summed E-state index contributed by atoms with van der Waals surface area (Å²) in [6, 6.07) is 10.4. The maximum atomic E-state index is 15.5. The van der Waals surface area contributed by atoms with E-state index in [-0.39, 0.29) is 44.3 Å². The number of Topliss-reactive ketones (excluding diaryl/α,β-unsaturated/α-hetero) is 1. The van der Waals surface area contributed by atoms with Gasteiger partial charge >= 0.3 is 6.18 Å². The largest absolute Gasteiger partial charge is 0.494 e. The molecule has 4 aromatic rings. The van der Waals surface area contributed by atoms with Gasteiger partial charge in [0.1, 0.15) is 17.7 Å². The third kappa shape index (κ3) is 5.03. The van der Waals surface area contributed by atoms with Gasteiger partial charge in [-0.25, -0.2) is 13.2 Å². The molecule has 11 heteroatoms. The van der Waals surface area contributed by atoms with Crippen molar-refractivity contribution in [3.63, 3.8) is 0 Å². The molecule has 2 heterocycles. The molecule has 5 rings (SSSR count). The molecule has 1 atom stereocenters. The van der Waals surface area contributed by atoms with Crippen LogP contribution in [0.25, 0.3) is 11.1 Å². The predicted molar refractivity (Wildman–Crippen MR) is 142 cm³/mol. The normalized spacial score (nSPS) is 14.7. The number of carbonyl (C=O) groups excluding carboxylic acids is 1. The number of benzene rings is 3. The van der Waals surface area contributed by atoms with Crippen LogP contribution in [0.1, 0.15) is 38.7 Å². The molecule has 41 heavy (non-hydrogen) atoms. The van der Waals surface area contributed by atoms with Gasteiger partial charge in [0, 0.05) is 28.9 Å². The first-order valence-corrected chi connectivity index (χ1v) is 13.3. The second-order valence-electron chi connectivity index (χ2n) is 9.42. The number of methoxy groups -OCH3 is 1. The van der Waals surface area contributed by atoms with E-state index >= 15 is 4.39 Å². The smallest absolute Gasteiger partial charge is 0.416 e. The lowest BCUT2D eigenvalue weighted by molar-refractivity contribution is -0.138. The van der Waals surface area contributed by atoms with Gasteiger partial charge in [0.15, 0.2) is 17.3 Å². The van der Waals surface area contributed by atoms with Crippen LogP contribution in [0, 0.1) is 24.4 Å². The maximum absolute atomic E-state index is 15.5. The summed E-state index contributed by atoms with van der Waals surface area (Å²) < 4.78 is 92.1. The minimum atomic E-state index is -4.87. The second-order valence-corrected chi connectivity index (χ2v) is 10.4. The first-order valence-electron chi connectivity index (χ1n) is 12.3. The van der Waals surface area contributed by atoms with E-state index in [0.717, 1.165) is 46.7 Å². The second kappa shape index (κ2) is 10.8. The lowest BCUT2D eigenvalue weighted by Crippen LogP contribution is -2.31. The Balaban J connectivity index is 1.79. The molecule has 0 radical (unpaired) electrons. The number of halogens is 6. The zero-order valence-corrected chi connectivity index (χ0v) is 22.4. The summed E-state index contributed by atoms with van der Waals surface area (Å²) in [5.41, 5.74) is -2.74. The van der Waals surface area contributed by atoms with Crippen molar-refractivity contribution in [1.82, 2.24) is 4.57 Å². The Morgan fingerprint density at radius 3 is 2.41 bits per heavy atom. The average Bonchev–Trinajstić information content (AvgIpc) is 3.37. The molecular weight excluding hydrogens is 568 g/mol. The lowest BCUT2D eigenvalue weighted by atomic mass is 9.92. The number of hydrogen-bond donors (Lipinski definition) is 0. The van der Waals surface area contributed by atoms with E-state index in [2.05, 4.69) is 0 Å². The van der Waals surface area contributed by atoms with E-state index in [9.17, 15) is 31.5 Å². The average molecular weight is 590 g/mol. The minimum absolute atomic E-state index is 0.00444. The summed E-state index contributed by atoms with van der Waals surface area (Å²) in [5, 5.41) is 0.158. The van der Waals surface area contributed by atoms with Gasteiger partial charge in [0.05, 0.1) is 23.3 Å². The van der Waals surface area contributed by atoms with E-state index in [1.807, 2.05) is 0 Å². The van der Waals surface area contributed by atoms with E-state index in [1.165, 1.54) is 44.4 Å². The SMILES string of the molecule is COc1cccc(-c2c(C)c(Cc3c(F)cccc3C(F)(F)F)c3n(c2=O)C(C(=O)c2cccc(F)c2)CS3)c1F. The summed E-state index contributed by atoms with van der Waals surface area (Å²) in [5.74, 6) is -3.44. The molecule has 0 N–H and O–H groups in total. The number of nitrogens with zero attached hydrogens (tertiary/aromatic N) is 1. The highest BCUT2D eigenvalue weighted by atomic mass is 32.2. The van der Waals surface area contributed by atoms with Crippen LogP contribution in [0.3, 0.4) is 0 Å². The van der Waals surface area contributed by atoms with E-state index in [0.29, 0.717) is 0 Å². The van der Waals surface area contributed by atoms with E-state index in [1.54, 1.807) is 0 Å². The van der Waals surface area contributed by atoms with E-state index in [4.69, 9.17) is 4.74 Å². The molecule has 1 unspecified atom stereocenters. The Bertz CT molecular complexity index is 1750. The fraction of sp³-hybridized carbons (Fsp3) is 0.200. The number of ketones is 1. The Hall–Kier alpha value is -3.99. The van der Waals surface area contributed by atoms with Crippen LogP contribution in [0.2, 0.25) is 0 Å². The van der Waals surface area contributed by atoms with Crippen LogP contribution < -0.4 is 10.3 Å². The van der Waals surface area contributed by atoms with Gasteiger partial charge in [-0.05, 0) is 48.4 Å². The summed E-state index contributed by atoms with van der Waals surface area (Å²) in [4.78, 5) is 27.5. The molecule has 0 bridgehead atoms. The molecule has 1 aliphatic rings. The number of fused-ring (bicyclic) bond motifs is 1. The first-order chi connectivity index (χ1) is 19.4. The molecule has 1 aromatic heterocycles. The van der Waals surface area contributed by atoms with Gasteiger partial charge < -0.3 is 4.74 Å². The molecule has 0 saturated carbocycles. The van der Waals surface area contributed by atoms with Gasteiger partial charge in [-0.2, -0.15) is 13.2 Å². The molecule has 212 valence electrons. The molecule has 4 nitrogen and oxygen atoms in total. The van der Waals surface area contributed by atoms with Crippen molar-refractivity contribution in [2.75, 3.05) is 12.9 Å². The highest BCUT2D eigenvalue weighted by Gasteiger charge is 2.38. The lowest BCUT2D eigenvalue weighted by Gasteiger charge is -2.21. The molecule has 0 aliphatic carbocycles. The number of aromatic nitrogens is 1. The van der Waals surface area contributed by atoms with Crippen molar-refractivity contribution in [2.45, 2.75) is 30.6 Å². The van der Waals surface area contributed by atoms with Gasteiger partial charge in [-0.3, -0.25) is 14.2 Å². The minimum Gasteiger partial charge on any atom is -0.494 e. The van der Waals surface area contributed by atoms with Crippen molar-refractivity contribution in [3.8, 4) is 16.9 Å². The van der Waals surface area contributed by atoms with Crippen LogP contribution >= 0.6 is 11.8 Å². The number of alkyl halides is 3. The Morgan fingerprint density at radius 1 is 1.02 bits per heavy atom. The number of carbonyl (C=O) groups is 1. The van der Waals surface area contributed by atoms with Gasteiger partial charge in [0.25, 0.3) is 5.56 Å². The monoisotopic (exact) mass is 589 g/mol. The summed E-state index contributed by atoms with van der Waals surface area (Å²) in [6.07, 6.45) is -5.46. The molecule has 0 amide bonds. The zero-order valence-electron chi connectivity index (χ0n) is 21.6. The number of thioether (sulfide) groups is 1. The Morgan fingerprint density at radius 2 is 1.73 bits per heavy atom. The van der Waals surface area contributed by atoms with Crippen molar-refractivity contribution in [3.05, 3.63) is 116 Å². The van der Waals surface area contributed by atoms with Crippen LogP contribution in [-0.2, 0) is 12.6 Å². The molecule has 1 aliphatic heterocycles. The third-order valence-corrected chi connectivity index (χ3v) is 8.27. The summed E-state index contributed by atoms with van der Waals surface area (Å²) >= 11 is 1.04. The van der Waals surface area contributed by atoms with Crippen molar-refractivity contribution in [1.29, 1.82) is 0 Å². The predicted octanol–water partition coefficient (Wildman–Crippen LogP) is 7.39. The zero-order chi connectivity index (χ0) is 29.6. The van der Waals surface area contributed by atoms with E-state index < -0.39 is 58.6 Å². The number of ether oxygens (including phenoxy) is 1. The van der Waals surface area contributed by atoms with Crippen LogP contribution in [0.4, 0.5) is 26.3 Å².